The molecule has 28 heavy (non-hydrogen) atoms. The van der Waals surface area contributed by atoms with Crippen LogP contribution in [0.5, 0.6) is 0 Å². The molecule has 0 radical (unpaired) electrons. The lowest BCUT2D eigenvalue weighted by atomic mass is 9.71. The molecule has 0 unspecified atom stereocenters. The Hall–Kier alpha value is -0.610. The zero-order valence-corrected chi connectivity index (χ0v) is 20.4. The molecule has 0 saturated carbocycles. The average Bonchev–Trinajstić information content (AvgIpc) is 2.59. The fourth-order valence-electron chi connectivity index (χ4n) is 2.03. The van der Waals surface area contributed by atoms with Crippen molar-refractivity contribution in [3.8, 4) is 0 Å². The van der Waals surface area contributed by atoms with Crippen LogP contribution in [0.2, 0.25) is 0 Å². The third-order valence-corrected chi connectivity index (χ3v) is 3.77. The van der Waals surface area contributed by atoms with E-state index < -0.39 is 11.1 Å². The number of rotatable bonds is 4. The summed E-state index contributed by atoms with van der Waals surface area (Å²) in [5.74, 6) is 0. The fourth-order valence-corrected chi connectivity index (χ4v) is 3.01. The first-order chi connectivity index (χ1) is 13.1. The van der Waals surface area contributed by atoms with Crippen molar-refractivity contribution < 1.29 is 0 Å². The van der Waals surface area contributed by atoms with E-state index in [4.69, 9.17) is 45.8 Å². The molecule has 152 valence electrons. The third-order valence-electron chi connectivity index (χ3n) is 2.90. The van der Waals surface area contributed by atoms with Gasteiger partial charge in [-0.15, -0.1) is 0 Å². The molecule has 0 aliphatic rings. The van der Waals surface area contributed by atoms with Gasteiger partial charge in [0, 0.05) is 0 Å². The van der Waals surface area contributed by atoms with Gasteiger partial charge in [0.2, 0.25) is 0 Å². The lowest BCUT2D eigenvalue weighted by Crippen LogP contribution is -2.10. The van der Waals surface area contributed by atoms with Gasteiger partial charge >= 0.3 is 11.1 Å². The Balaban J connectivity index is 0.000000776. The summed E-state index contributed by atoms with van der Waals surface area (Å²) in [6, 6.07) is 19.3. The molecule has 0 spiro atoms. The molecule has 0 heterocycles. The van der Waals surface area contributed by atoms with Crippen LogP contribution in [0.15, 0.2) is 60.7 Å². The van der Waals surface area contributed by atoms with Gasteiger partial charge in [-0.05, 0) is 64.4 Å². The van der Waals surface area contributed by atoms with Crippen molar-refractivity contribution in [2.24, 2.45) is 0 Å². The highest BCUT2D eigenvalue weighted by Crippen LogP contribution is 2.35. The van der Waals surface area contributed by atoms with E-state index in [9.17, 15) is 0 Å². The molecular weight excluding hydrogens is 432 g/mol. The molecule has 0 atom stereocenters. The molecule has 2 aromatic carbocycles. The monoisotopic (exact) mass is 458 g/mol. The lowest BCUT2D eigenvalue weighted by molar-refractivity contribution is 0.505. The van der Waals surface area contributed by atoms with Crippen molar-refractivity contribution in [2.75, 3.05) is 42.3 Å². The first-order valence-corrected chi connectivity index (χ1v) is 10.5. The standard InChI is InChI=1S/C14H10B2Cl4.2C3H9N/c17-15(18)13(11-7-3-1-4-8-11)14(16(19)20)12-9-5-2-6-10-12;2*1-4(2)3/h1-10H;2*1-3H3. The zero-order valence-electron chi connectivity index (χ0n) is 17.3. The van der Waals surface area contributed by atoms with Crippen LogP contribution in [-0.4, -0.2) is 63.2 Å². The topological polar surface area (TPSA) is 6.48 Å². The van der Waals surface area contributed by atoms with Crippen molar-refractivity contribution in [3.63, 3.8) is 0 Å². The summed E-state index contributed by atoms with van der Waals surface area (Å²) >= 11 is 24.6. The van der Waals surface area contributed by atoms with Gasteiger partial charge < -0.3 is 9.80 Å². The summed E-state index contributed by atoms with van der Waals surface area (Å²) in [6.45, 7) is 0. The number of halogens is 4. The molecule has 2 nitrogen and oxygen atoms in total. The fraction of sp³-hybridized carbons (Fsp3) is 0.300. The summed E-state index contributed by atoms with van der Waals surface area (Å²) in [6.07, 6.45) is 0. The Bertz CT molecular complexity index is 614. The molecule has 8 heteroatoms. The maximum Gasteiger partial charge on any atom is 0.383 e. The maximum atomic E-state index is 6.16. The summed E-state index contributed by atoms with van der Waals surface area (Å²) in [5, 5.41) is 0. The van der Waals surface area contributed by atoms with Crippen molar-refractivity contribution in [3.05, 3.63) is 71.8 Å². The highest BCUT2D eigenvalue weighted by molar-refractivity contribution is 7.47. The van der Waals surface area contributed by atoms with Crippen LogP contribution in [0.1, 0.15) is 11.1 Å². The minimum Gasteiger partial charge on any atom is -0.312 e. The van der Waals surface area contributed by atoms with Crippen molar-refractivity contribution >= 4 is 67.9 Å². The number of hydrogen-bond acceptors (Lipinski definition) is 2. The van der Waals surface area contributed by atoms with Crippen molar-refractivity contribution in [1.29, 1.82) is 0 Å². The predicted molar refractivity (Wildman–Crippen MR) is 134 cm³/mol. The third kappa shape index (κ3) is 12.1. The summed E-state index contributed by atoms with van der Waals surface area (Å²) in [7, 11) is 12.0. The van der Waals surface area contributed by atoms with Crippen LogP contribution in [-0.2, 0) is 0 Å². The van der Waals surface area contributed by atoms with Crippen LogP contribution in [0, 0.1) is 0 Å². The molecule has 0 aromatic heterocycles. The normalized spacial score (nSPS) is 11.0. The van der Waals surface area contributed by atoms with E-state index in [0.29, 0.717) is 0 Å². The smallest absolute Gasteiger partial charge is 0.312 e. The second-order valence-electron chi connectivity index (χ2n) is 6.84. The van der Waals surface area contributed by atoms with E-state index in [1.165, 1.54) is 0 Å². The Kier molecular flexibility index (Phi) is 14.9. The summed E-state index contributed by atoms with van der Waals surface area (Å²) < 4.78 is 0. The SMILES string of the molecule is CN(C)C.CN(C)C.ClB(Cl)C(=C(B(Cl)Cl)c1ccccc1)c1ccccc1. The van der Waals surface area contributed by atoms with Crippen LogP contribution < -0.4 is 0 Å². The summed E-state index contributed by atoms with van der Waals surface area (Å²) in [4.78, 5) is 4.00. The minimum atomic E-state index is -0.715. The van der Waals surface area contributed by atoms with Crippen LogP contribution >= 0.6 is 45.8 Å². The van der Waals surface area contributed by atoms with Gasteiger partial charge in [0.1, 0.15) is 0 Å². The molecule has 2 aromatic rings. The van der Waals surface area contributed by atoms with E-state index in [2.05, 4.69) is 0 Å². The average molecular weight is 460 g/mol. The molecular formula is C20H28B2Cl4N2. The van der Waals surface area contributed by atoms with E-state index >= 15 is 0 Å². The second-order valence-corrected chi connectivity index (χ2v) is 9.04. The minimum absolute atomic E-state index is 0.715. The Morgan fingerprint density at radius 3 is 0.929 bits per heavy atom. The molecule has 0 fully saturated rings. The highest BCUT2D eigenvalue weighted by Gasteiger charge is 2.26. The molecule has 0 N–H and O–H groups in total. The first kappa shape index (κ1) is 27.4. The zero-order chi connectivity index (χ0) is 21.7. The quantitative estimate of drug-likeness (QED) is 0.411. The van der Waals surface area contributed by atoms with Crippen molar-refractivity contribution in [1.82, 2.24) is 9.80 Å². The lowest BCUT2D eigenvalue weighted by Gasteiger charge is -2.16. The first-order valence-electron chi connectivity index (χ1n) is 8.70. The Morgan fingerprint density at radius 1 is 0.536 bits per heavy atom. The van der Waals surface area contributed by atoms with Crippen LogP contribution in [0.3, 0.4) is 0 Å². The summed E-state index contributed by atoms with van der Waals surface area (Å²) in [5.41, 5.74) is 1.85. The largest absolute Gasteiger partial charge is 0.383 e. The Morgan fingerprint density at radius 2 is 0.750 bits per heavy atom. The molecule has 0 amide bonds. The highest BCUT2D eigenvalue weighted by atomic mass is 35.5. The van der Waals surface area contributed by atoms with Crippen LogP contribution in [0.25, 0.3) is 10.9 Å². The molecule has 0 aliphatic heterocycles. The van der Waals surface area contributed by atoms with E-state index in [1.54, 1.807) is 0 Å². The number of hydrogen-bond donors (Lipinski definition) is 0. The van der Waals surface area contributed by atoms with E-state index in [-0.39, 0.29) is 0 Å². The predicted octanol–water partition coefficient (Wildman–Crippen LogP) is 5.96. The second kappa shape index (κ2) is 15.3. The van der Waals surface area contributed by atoms with Gasteiger partial charge in [-0.25, -0.2) is 0 Å². The molecule has 0 saturated heterocycles. The van der Waals surface area contributed by atoms with E-state index in [0.717, 1.165) is 22.1 Å². The van der Waals surface area contributed by atoms with Gasteiger partial charge in [0.25, 0.3) is 0 Å². The van der Waals surface area contributed by atoms with Crippen LogP contribution in [0.4, 0.5) is 0 Å². The maximum absolute atomic E-state index is 6.16. The van der Waals surface area contributed by atoms with Crippen molar-refractivity contribution in [2.45, 2.75) is 0 Å². The molecule has 2 rings (SSSR count). The number of benzene rings is 2. The van der Waals surface area contributed by atoms with Gasteiger partial charge in [-0.1, -0.05) is 60.7 Å². The molecule has 0 bridgehead atoms. The van der Waals surface area contributed by atoms with Gasteiger partial charge in [0.05, 0.1) is 0 Å². The Labute approximate surface area is 191 Å². The van der Waals surface area contributed by atoms with Gasteiger partial charge in [0.15, 0.2) is 0 Å². The van der Waals surface area contributed by atoms with Gasteiger partial charge in [-0.3, -0.25) is 0 Å². The molecule has 0 aliphatic carbocycles. The number of nitrogens with zero attached hydrogens (tertiary/aromatic N) is 2. The van der Waals surface area contributed by atoms with E-state index in [1.807, 2.05) is 113 Å². The van der Waals surface area contributed by atoms with Gasteiger partial charge in [-0.2, -0.15) is 45.8 Å².